The maximum Gasteiger partial charge on any atom is 0.408 e. The number of carbonyl (C=O) groups excluding carboxylic acids is 2. The Morgan fingerprint density at radius 1 is 1.14 bits per heavy atom. The molecule has 4 atom stereocenters. The molecule has 1 heterocycles. The average Bonchev–Trinajstić information content (AvgIpc) is 3.28. The monoisotopic (exact) mass is 511 g/mol. The van der Waals surface area contributed by atoms with Crippen LogP contribution < -0.4 is 10.6 Å². The highest BCUT2D eigenvalue weighted by molar-refractivity contribution is 6.21. The van der Waals surface area contributed by atoms with Gasteiger partial charge in [-0.3, -0.25) is 4.79 Å². The molecule has 0 aliphatic heterocycles. The number of nitrogens with one attached hydrogen (secondary N) is 3. The summed E-state index contributed by atoms with van der Waals surface area (Å²) in [4.78, 5) is 29.9. The highest BCUT2D eigenvalue weighted by Gasteiger charge is 2.38. The van der Waals surface area contributed by atoms with Gasteiger partial charge in [0, 0.05) is 23.5 Å². The predicted octanol–water partition coefficient (Wildman–Crippen LogP) is 4.47. The van der Waals surface area contributed by atoms with E-state index in [0.717, 1.165) is 41.3 Å². The number of benzene rings is 2. The quantitative estimate of drug-likeness (QED) is 0.318. The van der Waals surface area contributed by atoms with Gasteiger partial charge >= 0.3 is 6.09 Å². The average molecular weight is 512 g/mol. The number of rotatable bonds is 9. The van der Waals surface area contributed by atoms with E-state index in [9.17, 15) is 14.7 Å². The van der Waals surface area contributed by atoms with Gasteiger partial charge in [-0.05, 0) is 49.8 Å². The van der Waals surface area contributed by atoms with E-state index in [1.54, 1.807) is 6.92 Å². The molecule has 8 heteroatoms. The third-order valence-corrected chi connectivity index (χ3v) is 7.36. The Hall–Kier alpha value is -3.03. The molecule has 0 spiro atoms. The lowest BCUT2D eigenvalue weighted by atomic mass is 9.91. The molecule has 0 bridgehead atoms. The number of H-pyrrole nitrogens is 1. The molecule has 1 fully saturated rings. The number of hydrogen-bond acceptors (Lipinski definition) is 4. The minimum absolute atomic E-state index is 0.232. The third-order valence-electron chi connectivity index (χ3n) is 6.86. The van der Waals surface area contributed by atoms with Crippen molar-refractivity contribution in [1.29, 1.82) is 0 Å². The Labute approximate surface area is 216 Å². The minimum atomic E-state index is -1.33. The van der Waals surface area contributed by atoms with E-state index in [2.05, 4.69) is 15.6 Å². The Morgan fingerprint density at radius 2 is 1.86 bits per heavy atom. The van der Waals surface area contributed by atoms with Gasteiger partial charge < -0.3 is 25.5 Å². The zero-order chi connectivity index (χ0) is 25.5. The fourth-order valence-corrected chi connectivity index (χ4v) is 5.15. The van der Waals surface area contributed by atoms with E-state index in [1.165, 1.54) is 0 Å². The minimum Gasteiger partial charge on any atom is -0.445 e. The number of aromatic amines is 1. The van der Waals surface area contributed by atoms with Crippen LogP contribution in [0.25, 0.3) is 10.9 Å². The first-order valence-corrected chi connectivity index (χ1v) is 13.0. The number of aliphatic hydroxyl groups is 1. The summed E-state index contributed by atoms with van der Waals surface area (Å²) in [6, 6.07) is 16.9. The van der Waals surface area contributed by atoms with Crippen molar-refractivity contribution in [2.75, 3.05) is 6.61 Å². The number of aromatic nitrogens is 1. The van der Waals surface area contributed by atoms with Crippen LogP contribution in [0.4, 0.5) is 4.79 Å². The summed E-state index contributed by atoms with van der Waals surface area (Å²) in [5.41, 5.74) is 1.50. The molecule has 1 aliphatic carbocycles. The molecule has 2 unspecified atom stereocenters. The smallest absolute Gasteiger partial charge is 0.408 e. The second kappa shape index (κ2) is 11.8. The van der Waals surface area contributed by atoms with Crippen molar-refractivity contribution in [3.63, 3.8) is 0 Å². The van der Waals surface area contributed by atoms with Crippen LogP contribution in [0.5, 0.6) is 0 Å². The van der Waals surface area contributed by atoms with E-state index in [0.29, 0.717) is 12.8 Å². The highest BCUT2D eigenvalue weighted by Crippen LogP contribution is 2.27. The maximum absolute atomic E-state index is 13.7. The number of alkyl halides is 1. The van der Waals surface area contributed by atoms with E-state index in [4.69, 9.17) is 16.3 Å². The Morgan fingerprint density at radius 3 is 2.61 bits per heavy atom. The fraction of sp³-hybridized carbons (Fsp3) is 0.429. The second-order valence-electron chi connectivity index (χ2n) is 9.78. The molecule has 192 valence electrons. The molecule has 0 radical (unpaired) electrons. The molecule has 4 N–H and O–H groups in total. The van der Waals surface area contributed by atoms with Crippen molar-refractivity contribution in [3.05, 3.63) is 71.9 Å². The third kappa shape index (κ3) is 6.39. The number of hydrogen-bond donors (Lipinski definition) is 4. The summed E-state index contributed by atoms with van der Waals surface area (Å²) in [5.74, 6) is -0.397. The molecule has 7 nitrogen and oxygen atoms in total. The van der Waals surface area contributed by atoms with Gasteiger partial charge in [-0.1, -0.05) is 55.0 Å². The second-order valence-corrected chi connectivity index (χ2v) is 10.3. The molecule has 1 saturated carbocycles. The zero-order valence-electron chi connectivity index (χ0n) is 20.5. The summed E-state index contributed by atoms with van der Waals surface area (Å²) >= 11 is 6.39. The van der Waals surface area contributed by atoms with Gasteiger partial charge in [0.1, 0.15) is 11.6 Å². The summed E-state index contributed by atoms with van der Waals surface area (Å²) in [6.07, 6.45) is 4.96. The van der Waals surface area contributed by atoms with Gasteiger partial charge in [0.25, 0.3) is 0 Å². The van der Waals surface area contributed by atoms with E-state index < -0.39 is 23.6 Å². The number of fused-ring (bicyclic) bond motifs is 1. The molecular weight excluding hydrogens is 478 g/mol. The lowest BCUT2D eigenvalue weighted by molar-refractivity contribution is -0.128. The van der Waals surface area contributed by atoms with Crippen molar-refractivity contribution in [2.45, 2.75) is 68.5 Å². The highest BCUT2D eigenvalue weighted by atomic mass is 35.5. The first kappa shape index (κ1) is 26.0. The molecular formula is C28H34ClN3O4. The number of aliphatic hydroxyl groups excluding tert-OH is 1. The number of halogens is 1. The number of carbonyl (C=O) groups is 2. The lowest BCUT2D eigenvalue weighted by Crippen LogP contribution is -2.61. The van der Waals surface area contributed by atoms with Crippen molar-refractivity contribution in [1.82, 2.24) is 15.6 Å². The van der Waals surface area contributed by atoms with Crippen LogP contribution in [0, 0.1) is 0 Å². The molecule has 3 aromatic rings. The molecule has 2 amide bonds. The van der Waals surface area contributed by atoms with Crippen LogP contribution in [0.1, 0.15) is 43.7 Å². The van der Waals surface area contributed by atoms with Crippen LogP contribution in [0.3, 0.4) is 0 Å². The number of ether oxygens (including phenoxy) is 1. The Kier molecular flexibility index (Phi) is 8.54. The molecule has 36 heavy (non-hydrogen) atoms. The summed E-state index contributed by atoms with van der Waals surface area (Å²) in [7, 11) is 0. The first-order valence-electron chi connectivity index (χ1n) is 12.5. The van der Waals surface area contributed by atoms with Gasteiger partial charge in [0.15, 0.2) is 0 Å². The largest absolute Gasteiger partial charge is 0.445 e. The molecule has 2 aromatic carbocycles. The van der Waals surface area contributed by atoms with Crippen LogP contribution in [0.15, 0.2) is 60.8 Å². The SMILES string of the molecule is CC(Cc1c[nH]c2ccccc12)(NC(=O)O[C@@H]1CCCC[C@H]1Cl)C(=O)NC(CO)Cc1ccccc1. The molecule has 1 aromatic heterocycles. The number of para-hydroxylation sites is 1. The van der Waals surface area contributed by atoms with Gasteiger partial charge in [0.2, 0.25) is 5.91 Å². The van der Waals surface area contributed by atoms with Crippen LogP contribution >= 0.6 is 11.6 Å². The topological polar surface area (TPSA) is 103 Å². The van der Waals surface area contributed by atoms with Crippen molar-refractivity contribution in [2.24, 2.45) is 0 Å². The van der Waals surface area contributed by atoms with E-state index in [1.807, 2.05) is 60.8 Å². The molecule has 0 saturated heterocycles. The fourth-order valence-electron chi connectivity index (χ4n) is 4.82. The van der Waals surface area contributed by atoms with E-state index >= 15 is 0 Å². The number of alkyl carbamates (subject to hydrolysis) is 1. The van der Waals surface area contributed by atoms with Gasteiger partial charge in [-0.15, -0.1) is 11.6 Å². The van der Waals surface area contributed by atoms with Crippen LogP contribution in [-0.4, -0.2) is 51.8 Å². The van der Waals surface area contributed by atoms with Gasteiger partial charge in [-0.2, -0.15) is 0 Å². The summed E-state index contributed by atoms with van der Waals surface area (Å²) in [5, 5.41) is 16.5. The number of amides is 2. The van der Waals surface area contributed by atoms with Crippen LogP contribution in [0.2, 0.25) is 0 Å². The molecule has 1 aliphatic rings. The van der Waals surface area contributed by atoms with Crippen molar-refractivity contribution < 1.29 is 19.4 Å². The van der Waals surface area contributed by atoms with Crippen molar-refractivity contribution in [3.8, 4) is 0 Å². The van der Waals surface area contributed by atoms with Gasteiger partial charge in [-0.25, -0.2) is 4.79 Å². The first-order chi connectivity index (χ1) is 17.4. The Bertz CT molecular complexity index is 1170. The molecule has 4 rings (SSSR count). The summed E-state index contributed by atoms with van der Waals surface area (Å²) in [6.45, 7) is 1.45. The van der Waals surface area contributed by atoms with E-state index in [-0.39, 0.29) is 24.5 Å². The normalized spacial score (nSPS) is 20.3. The van der Waals surface area contributed by atoms with Crippen LogP contribution in [-0.2, 0) is 22.4 Å². The maximum atomic E-state index is 13.7. The lowest BCUT2D eigenvalue weighted by Gasteiger charge is -2.33. The Balaban J connectivity index is 1.54. The summed E-state index contributed by atoms with van der Waals surface area (Å²) < 4.78 is 5.66. The zero-order valence-corrected chi connectivity index (χ0v) is 21.3. The van der Waals surface area contributed by atoms with Gasteiger partial charge in [0.05, 0.1) is 18.0 Å². The van der Waals surface area contributed by atoms with Crippen molar-refractivity contribution >= 4 is 34.5 Å². The standard InChI is InChI=1S/C28H34ClN3O4/c1-28(16-20-17-30-24-13-7-5-11-22(20)24,32-27(35)36-25-14-8-6-12-23(25)29)26(34)31-21(18-33)15-19-9-3-2-4-10-19/h2-5,7,9-11,13,17,21,23,25,30,33H,6,8,12,14-16,18H2,1H3,(H,31,34)(H,32,35)/t21?,23-,25-,28?/m1/s1. The predicted molar refractivity (Wildman–Crippen MR) is 141 cm³/mol.